The molecular formula is C17H33ClN2O2. The van der Waals surface area contributed by atoms with Gasteiger partial charge in [0.05, 0.1) is 6.10 Å². The number of carbonyl (C=O) groups excluding carboxylic acids is 1. The first-order valence-electron chi connectivity index (χ1n) is 8.29. The Balaban J connectivity index is 0.00000441. The van der Waals surface area contributed by atoms with E-state index in [2.05, 4.69) is 11.9 Å². The molecule has 0 aliphatic heterocycles. The summed E-state index contributed by atoms with van der Waals surface area (Å²) in [6.45, 7) is 8.48. The molecule has 0 aromatic heterocycles. The van der Waals surface area contributed by atoms with Crippen LogP contribution in [0.2, 0.25) is 0 Å². The third-order valence-corrected chi connectivity index (χ3v) is 4.27. The number of halogens is 1. The van der Waals surface area contributed by atoms with Crippen molar-refractivity contribution in [1.82, 2.24) is 5.32 Å². The number of nitrogens with two attached hydrogens (primary N) is 1. The van der Waals surface area contributed by atoms with Gasteiger partial charge in [-0.1, -0.05) is 52.5 Å². The first-order valence-corrected chi connectivity index (χ1v) is 8.29. The minimum Gasteiger partial charge on any atom is -0.391 e. The molecule has 0 unspecified atom stereocenters. The Morgan fingerprint density at radius 3 is 2.45 bits per heavy atom. The van der Waals surface area contributed by atoms with E-state index < -0.39 is 6.10 Å². The van der Waals surface area contributed by atoms with Crippen LogP contribution in [0.3, 0.4) is 0 Å². The third kappa shape index (κ3) is 8.16. The highest BCUT2D eigenvalue weighted by molar-refractivity contribution is 5.92. The number of aliphatic hydroxyl groups is 1. The largest absolute Gasteiger partial charge is 0.391 e. The van der Waals surface area contributed by atoms with Crippen molar-refractivity contribution in [3.05, 3.63) is 12.2 Å². The Labute approximate surface area is 141 Å². The highest BCUT2D eigenvalue weighted by Crippen LogP contribution is 2.28. The van der Waals surface area contributed by atoms with Crippen molar-refractivity contribution in [2.75, 3.05) is 6.54 Å². The normalized spacial score (nSPS) is 18.4. The fourth-order valence-corrected chi connectivity index (χ4v) is 2.88. The van der Waals surface area contributed by atoms with E-state index in [0.29, 0.717) is 24.0 Å². The number of nitrogens with one attached hydrogen (secondary N) is 1. The molecule has 0 radical (unpaired) electrons. The Hall–Kier alpha value is -0.580. The van der Waals surface area contributed by atoms with E-state index in [9.17, 15) is 9.90 Å². The summed E-state index contributed by atoms with van der Waals surface area (Å²) in [5.74, 6) is 0.860. The van der Waals surface area contributed by atoms with E-state index in [1.807, 2.05) is 13.8 Å². The lowest BCUT2D eigenvalue weighted by atomic mass is 9.83. The molecule has 1 rings (SSSR count). The highest BCUT2D eigenvalue weighted by Gasteiger charge is 2.23. The number of amides is 1. The van der Waals surface area contributed by atoms with Gasteiger partial charge in [0.15, 0.2) is 0 Å². The Morgan fingerprint density at radius 1 is 1.32 bits per heavy atom. The standard InChI is InChI=1S/C17H32N2O2.ClH/c1-12(2)11-19-17(21)13(3)9-16(20)15(18)10-14-7-5-4-6-8-14;/h12,14-16,20H,3-11,18H2,1-2H3,(H,19,21);1H/t15-,16-;/m0./s1. The topological polar surface area (TPSA) is 75.3 Å². The van der Waals surface area contributed by atoms with Gasteiger partial charge >= 0.3 is 0 Å². The molecule has 0 spiro atoms. The van der Waals surface area contributed by atoms with Crippen molar-refractivity contribution in [2.24, 2.45) is 17.6 Å². The molecule has 0 aromatic rings. The van der Waals surface area contributed by atoms with Gasteiger partial charge < -0.3 is 16.2 Å². The molecule has 0 saturated heterocycles. The Bertz CT molecular complexity index is 342. The van der Waals surface area contributed by atoms with Crippen LogP contribution in [0.1, 0.15) is 58.8 Å². The Morgan fingerprint density at radius 2 is 1.91 bits per heavy atom. The molecule has 1 saturated carbocycles. The van der Waals surface area contributed by atoms with Crippen LogP contribution in [-0.2, 0) is 4.79 Å². The first-order chi connectivity index (χ1) is 9.90. The molecule has 2 atom stereocenters. The van der Waals surface area contributed by atoms with Crippen LogP contribution in [-0.4, -0.2) is 29.7 Å². The van der Waals surface area contributed by atoms with E-state index in [0.717, 1.165) is 6.42 Å². The van der Waals surface area contributed by atoms with E-state index in [1.54, 1.807) is 0 Å². The van der Waals surface area contributed by atoms with Crippen LogP contribution in [0.15, 0.2) is 12.2 Å². The van der Waals surface area contributed by atoms with Gasteiger partial charge in [0.2, 0.25) is 5.91 Å². The quantitative estimate of drug-likeness (QED) is 0.598. The molecule has 5 heteroatoms. The Kier molecular flexibility index (Phi) is 10.7. The van der Waals surface area contributed by atoms with Crippen molar-refractivity contribution in [3.8, 4) is 0 Å². The molecular weight excluding hydrogens is 300 g/mol. The van der Waals surface area contributed by atoms with E-state index in [-0.39, 0.29) is 30.8 Å². The van der Waals surface area contributed by atoms with Crippen molar-refractivity contribution >= 4 is 18.3 Å². The van der Waals surface area contributed by atoms with Gasteiger partial charge in [0.25, 0.3) is 0 Å². The average molecular weight is 333 g/mol. The van der Waals surface area contributed by atoms with Gasteiger partial charge in [0, 0.05) is 24.6 Å². The molecule has 1 fully saturated rings. The minimum atomic E-state index is -0.677. The van der Waals surface area contributed by atoms with Crippen molar-refractivity contribution in [3.63, 3.8) is 0 Å². The van der Waals surface area contributed by atoms with Gasteiger partial charge in [-0.3, -0.25) is 4.79 Å². The molecule has 0 bridgehead atoms. The van der Waals surface area contributed by atoms with Gasteiger partial charge in [-0.2, -0.15) is 0 Å². The maximum atomic E-state index is 11.8. The fourth-order valence-electron chi connectivity index (χ4n) is 2.88. The summed E-state index contributed by atoms with van der Waals surface area (Å²) < 4.78 is 0. The summed E-state index contributed by atoms with van der Waals surface area (Å²) in [7, 11) is 0. The maximum absolute atomic E-state index is 11.8. The molecule has 1 aliphatic rings. The zero-order valence-corrected chi connectivity index (χ0v) is 14.8. The molecule has 4 N–H and O–H groups in total. The van der Waals surface area contributed by atoms with Gasteiger partial charge in [-0.15, -0.1) is 12.4 Å². The summed E-state index contributed by atoms with van der Waals surface area (Å²) in [5.41, 5.74) is 6.51. The van der Waals surface area contributed by atoms with Crippen molar-refractivity contribution in [1.29, 1.82) is 0 Å². The van der Waals surface area contributed by atoms with Crippen LogP contribution in [0.4, 0.5) is 0 Å². The highest BCUT2D eigenvalue weighted by atomic mass is 35.5. The van der Waals surface area contributed by atoms with E-state index >= 15 is 0 Å². The second-order valence-electron chi connectivity index (χ2n) is 6.88. The van der Waals surface area contributed by atoms with Crippen LogP contribution in [0.5, 0.6) is 0 Å². The summed E-state index contributed by atoms with van der Waals surface area (Å²) in [6.07, 6.45) is 6.74. The molecule has 1 aliphatic carbocycles. The molecule has 0 aromatic carbocycles. The molecule has 1 amide bonds. The predicted octanol–water partition coefficient (Wildman–Crippen LogP) is 2.79. The summed E-state index contributed by atoms with van der Waals surface area (Å²) in [4.78, 5) is 11.8. The van der Waals surface area contributed by atoms with Crippen LogP contribution >= 0.6 is 12.4 Å². The minimum absolute atomic E-state index is 0. The lowest BCUT2D eigenvalue weighted by molar-refractivity contribution is -0.118. The van der Waals surface area contributed by atoms with Crippen molar-refractivity contribution < 1.29 is 9.90 Å². The van der Waals surface area contributed by atoms with E-state index in [1.165, 1.54) is 32.1 Å². The number of hydrogen-bond donors (Lipinski definition) is 3. The molecule has 4 nitrogen and oxygen atoms in total. The summed E-state index contributed by atoms with van der Waals surface area (Å²) in [5, 5.41) is 13.0. The maximum Gasteiger partial charge on any atom is 0.246 e. The van der Waals surface area contributed by atoms with Crippen LogP contribution in [0.25, 0.3) is 0 Å². The van der Waals surface area contributed by atoms with E-state index in [4.69, 9.17) is 5.73 Å². The number of carbonyl (C=O) groups is 1. The SMILES string of the molecule is C=C(C[C@H](O)[C@@H](N)CC1CCCCC1)C(=O)NCC(C)C.Cl. The smallest absolute Gasteiger partial charge is 0.246 e. The van der Waals surface area contributed by atoms with Gasteiger partial charge in [0.1, 0.15) is 0 Å². The average Bonchev–Trinajstić information content (AvgIpc) is 2.45. The molecule has 130 valence electrons. The third-order valence-electron chi connectivity index (χ3n) is 4.27. The molecule has 0 heterocycles. The zero-order chi connectivity index (χ0) is 15.8. The summed E-state index contributed by atoms with van der Waals surface area (Å²) >= 11 is 0. The second kappa shape index (κ2) is 11.0. The van der Waals surface area contributed by atoms with Crippen LogP contribution in [0, 0.1) is 11.8 Å². The molecule has 22 heavy (non-hydrogen) atoms. The summed E-state index contributed by atoms with van der Waals surface area (Å²) in [6, 6.07) is -0.261. The monoisotopic (exact) mass is 332 g/mol. The number of hydrogen-bond acceptors (Lipinski definition) is 3. The first kappa shape index (κ1) is 21.4. The van der Waals surface area contributed by atoms with Gasteiger partial charge in [-0.25, -0.2) is 0 Å². The fraction of sp³-hybridized carbons (Fsp3) is 0.824. The zero-order valence-electron chi connectivity index (χ0n) is 14.0. The second-order valence-corrected chi connectivity index (χ2v) is 6.88. The van der Waals surface area contributed by atoms with Crippen molar-refractivity contribution in [2.45, 2.75) is 70.9 Å². The lowest BCUT2D eigenvalue weighted by Crippen LogP contribution is -2.38. The number of aliphatic hydroxyl groups excluding tert-OH is 1. The van der Waals surface area contributed by atoms with Gasteiger partial charge in [-0.05, 0) is 18.3 Å². The number of rotatable bonds is 8. The predicted molar refractivity (Wildman–Crippen MR) is 94.0 cm³/mol. The van der Waals surface area contributed by atoms with Crippen LogP contribution < -0.4 is 11.1 Å². The lowest BCUT2D eigenvalue weighted by Gasteiger charge is -2.27.